The van der Waals surface area contributed by atoms with Gasteiger partial charge in [-0.2, -0.15) is 0 Å². The zero-order chi connectivity index (χ0) is 24.9. The van der Waals surface area contributed by atoms with Gasteiger partial charge in [-0.15, -0.1) is 0 Å². The fourth-order valence-electron chi connectivity index (χ4n) is 5.52. The van der Waals surface area contributed by atoms with E-state index in [9.17, 15) is 0 Å². The normalized spacial score (nSPS) is 15.3. The Balaban J connectivity index is 1.41. The Hall–Kier alpha value is -3.74. The quantitative estimate of drug-likeness (QED) is 0.232. The number of aromatic amines is 2. The van der Waals surface area contributed by atoms with Crippen molar-refractivity contribution in [1.82, 2.24) is 20.6 Å². The molecule has 8 heteroatoms. The van der Waals surface area contributed by atoms with Gasteiger partial charge in [-0.1, -0.05) is 53.5 Å². The van der Waals surface area contributed by atoms with Crippen LogP contribution in [0.4, 0.5) is 0 Å². The third-order valence-corrected chi connectivity index (χ3v) is 7.89. The molecule has 0 atom stereocenters. The first-order valence-electron chi connectivity index (χ1n) is 12.4. The van der Waals surface area contributed by atoms with Crippen LogP contribution in [-0.2, 0) is 0 Å². The van der Waals surface area contributed by atoms with Gasteiger partial charge in [0, 0.05) is 79.9 Å². The molecule has 7 rings (SSSR count). The molecule has 2 aromatic heterocycles. The van der Waals surface area contributed by atoms with E-state index >= 15 is 0 Å². The Morgan fingerprint density at radius 2 is 1.19 bits per heavy atom. The summed E-state index contributed by atoms with van der Waals surface area (Å²) in [7, 11) is 0. The highest BCUT2D eigenvalue weighted by molar-refractivity contribution is 6.36. The molecule has 4 heterocycles. The zero-order valence-electron chi connectivity index (χ0n) is 19.9. The largest absolute Gasteiger partial charge is 0.368 e. The lowest BCUT2D eigenvalue weighted by Gasteiger charge is -2.20. The average Bonchev–Trinajstić information content (AvgIpc) is 3.73. The number of amidine groups is 2. The van der Waals surface area contributed by atoms with Crippen LogP contribution in [0.1, 0.15) is 33.7 Å². The third kappa shape index (κ3) is 3.79. The first kappa shape index (κ1) is 22.5. The second kappa shape index (κ2) is 8.98. The first-order chi connectivity index (χ1) is 18.2. The number of hydrogen-bond donors (Lipinski definition) is 4. The highest BCUT2D eigenvalue weighted by Crippen LogP contribution is 2.44. The van der Waals surface area contributed by atoms with Crippen LogP contribution in [0.2, 0.25) is 10.0 Å². The minimum atomic E-state index is -0.177. The van der Waals surface area contributed by atoms with Crippen molar-refractivity contribution in [2.45, 2.75) is 5.92 Å². The van der Waals surface area contributed by atoms with E-state index in [1.54, 1.807) is 0 Å². The van der Waals surface area contributed by atoms with E-state index < -0.39 is 0 Å². The second-order valence-corrected chi connectivity index (χ2v) is 10.2. The van der Waals surface area contributed by atoms with Crippen molar-refractivity contribution in [2.24, 2.45) is 9.98 Å². The molecular formula is C29H24Cl2N6. The number of benzene rings is 3. The molecule has 5 aromatic rings. The van der Waals surface area contributed by atoms with Gasteiger partial charge in [-0.05, 0) is 35.4 Å². The SMILES string of the molecule is Clc1cccc(Cl)c1C(c1c[nH]c2cc(C3=NCCN3)ccc12)c1c[nH]c2cc(C3=NCCN3)ccc12. The van der Waals surface area contributed by atoms with Crippen molar-refractivity contribution >= 4 is 56.7 Å². The van der Waals surface area contributed by atoms with Crippen molar-refractivity contribution in [3.05, 3.63) is 105 Å². The van der Waals surface area contributed by atoms with Crippen LogP contribution in [0.5, 0.6) is 0 Å². The number of aliphatic imine (C=N–C) groups is 2. The van der Waals surface area contributed by atoms with Gasteiger partial charge in [0.25, 0.3) is 0 Å². The van der Waals surface area contributed by atoms with E-state index in [1.807, 2.05) is 18.2 Å². The molecule has 0 amide bonds. The minimum Gasteiger partial charge on any atom is -0.368 e. The van der Waals surface area contributed by atoms with E-state index in [0.29, 0.717) is 10.0 Å². The van der Waals surface area contributed by atoms with Crippen LogP contribution in [0.15, 0.2) is 77.0 Å². The van der Waals surface area contributed by atoms with Crippen LogP contribution in [-0.4, -0.2) is 47.8 Å². The Bertz CT molecular complexity index is 1610. The van der Waals surface area contributed by atoms with Gasteiger partial charge in [0.1, 0.15) is 11.7 Å². The molecule has 0 aliphatic carbocycles. The van der Waals surface area contributed by atoms with Gasteiger partial charge in [-0.25, -0.2) is 0 Å². The van der Waals surface area contributed by atoms with E-state index in [-0.39, 0.29) is 5.92 Å². The van der Waals surface area contributed by atoms with Gasteiger partial charge in [-0.3, -0.25) is 9.98 Å². The molecule has 0 saturated heterocycles. The van der Waals surface area contributed by atoms with Crippen molar-refractivity contribution in [2.75, 3.05) is 26.2 Å². The molecule has 4 N–H and O–H groups in total. The van der Waals surface area contributed by atoms with Crippen LogP contribution in [0.3, 0.4) is 0 Å². The third-order valence-electron chi connectivity index (χ3n) is 7.23. The summed E-state index contributed by atoms with van der Waals surface area (Å²) in [4.78, 5) is 16.1. The lowest BCUT2D eigenvalue weighted by atomic mass is 9.84. The molecule has 0 spiro atoms. The number of aromatic nitrogens is 2. The number of fused-ring (bicyclic) bond motifs is 2. The molecule has 2 aliphatic rings. The fourth-order valence-corrected chi connectivity index (χ4v) is 6.13. The van der Waals surface area contributed by atoms with Crippen LogP contribution < -0.4 is 10.6 Å². The molecule has 184 valence electrons. The minimum absolute atomic E-state index is 0.177. The highest BCUT2D eigenvalue weighted by atomic mass is 35.5. The fraction of sp³-hybridized carbons (Fsp3) is 0.172. The Morgan fingerprint density at radius 1 is 0.676 bits per heavy atom. The van der Waals surface area contributed by atoms with Crippen molar-refractivity contribution in [1.29, 1.82) is 0 Å². The van der Waals surface area contributed by atoms with Gasteiger partial charge in [0.2, 0.25) is 0 Å². The first-order valence-corrected chi connectivity index (χ1v) is 13.2. The standard InChI is InChI=1S/C29H24Cl2N6/c30-22-2-1-3-23(31)27(22)26(20-14-36-24-12-16(4-6-18(20)24)28-32-8-9-33-28)21-15-37-25-13-17(5-7-19(21)25)29-34-10-11-35-29/h1-7,12-15,26,36-37H,8-11H2,(H,32,33)(H,34,35). The van der Waals surface area contributed by atoms with E-state index in [4.69, 9.17) is 23.2 Å². The van der Waals surface area contributed by atoms with E-state index in [0.717, 1.165) is 87.5 Å². The summed E-state index contributed by atoms with van der Waals surface area (Å²) in [5.41, 5.74) is 7.37. The van der Waals surface area contributed by atoms with E-state index in [2.05, 4.69) is 79.4 Å². The number of nitrogens with one attached hydrogen (secondary N) is 4. The monoisotopic (exact) mass is 526 g/mol. The molecule has 0 fully saturated rings. The van der Waals surface area contributed by atoms with Crippen molar-refractivity contribution in [3.63, 3.8) is 0 Å². The smallest absolute Gasteiger partial charge is 0.128 e. The predicted octanol–water partition coefficient (Wildman–Crippen LogP) is 5.84. The summed E-state index contributed by atoms with van der Waals surface area (Å²) < 4.78 is 0. The maximum Gasteiger partial charge on any atom is 0.128 e. The molecule has 3 aromatic carbocycles. The Kier molecular flexibility index (Phi) is 5.45. The van der Waals surface area contributed by atoms with Gasteiger partial charge >= 0.3 is 0 Å². The van der Waals surface area contributed by atoms with Crippen molar-refractivity contribution < 1.29 is 0 Å². The summed E-state index contributed by atoms with van der Waals surface area (Å²) in [5, 5.41) is 10.3. The summed E-state index contributed by atoms with van der Waals surface area (Å²) in [6.07, 6.45) is 4.15. The van der Waals surface area contributed by atoms with Crippen molar-refractivity contribution in [3.8, 4) is 0 Å². The molecular weight excluding hydrogens is 503 g/mol. The Labute approximate surface area is 223 Å². The zero-order valence-corrected chi connectivity index (χ0v) is 21.4. The van der Waals surface area contributed by atoms with E-state index in [1.165, 1.54) is 0 Å². The number of hydrogen-bond acceptors (Lipinski definition) is 4. The summed E-state index contributed by atoms with van der Waals surface area (Å²) in [5.74, 6) is 1.71. The average molecular weight is 527 g/mol. The summed E-state index contributed by atoms with van der Waals surface area (Å²) in [6, 6.07) is 18.6. The molecule has 6 nitrogen and oxygen atoms in total. The molecule has 0 bridgehead atoms. The molecule has 2 aliphatic heterocycles. The molecule has 0 radical (unpaired) electrons. The number of nitrogens with zero attached hydrogens (tertiary/aromatic N) is 2. The molecule has 37 heavy (non-hydrogen) atoms. The lowest BCUT2D eigenvalue weighted by Crippen LogP contribution is -2.19. The highest BCUT2D eigenvalue weighted by Gasteiger charge is 2.27. The topological polar surface area (TPSA) is 80.4 Å². The predicted molar refractivity (Wildman–Crippen MR) is 153 cm³/mol. The van der Waals surface area contributed by atoms with Gasteiger partial charge in [0.15, 0.2) is 0 Å². The summed E-state index contributed by atoms with van der Waals surface area (Å²) >= 11 is 13.7. The van der Waals surface area contributed by atoms with Crippen LogP contribution >= 0.6 is 23.2 Å². The van der Waals surface area contributed by atoms with Gasteiger partial charge < -0.3 is 20.6 Å². The second-order valence-electron chi connectivity index (χ2n) is 9.39. The molecule has 0 unspecified atom stereocenters. The lowest BCUT2D eigenvalue weighted by molar-refractivity contribution is 0.960. The molecule has 0 saturated carbocycles. The van der Waals surface area contributed by atoms with Crippen LogP contribution in [0, 0.1) is 0 Å². The maximum atomic E-state index is 6.83. The summed E-state index contributed by atoms with van der Waals surface area (Å²) in [6.45, 7) is 3.37. The van der Waals surface area contributed by atoms with Gasteiger partial charge in [0.05, 0.1) is 13.1 Å². The number of H-pyrrole nitrogens is 2. The Morgan fingerprint density at radius 3 is 1.65 bits per heavy atom. The van der Waals surface area contributed by atoms with Crippen LogP contribution in [0.25, 0.3) is 21.8 Å². The number of rotatable bonds is 5. The number of halogens is 2. The maximum absolute atomic E-state index is 6.83.